The Hall–Kier alpha value is -5.23. The average molecular weight is 562 g/mol. The van der Waals surface area contributed by atoms with Gasteiger partial charge in [-0.2, -0.15) is 13.2 Å². The third-order valence-electron chi connectivity index (χ3n) is 5.95. The normalized spacial score (nSPS) is 10.9. The number of nitrogens with one attached hydrogen (secondary N) is 2. The van der Waals surface area contributed by atoms with Crippen LogP contribution >= 0.6 is 0 Å². The van der Waals surface area contributed by atoms with Gasteiger partial charge in [0.1, 0.15) is 11.7 Å². The number of halogens is 3. The number of fused-ring (bicyclic) bond motifs is 1. The Kier molecular flexibility index (Phi) is 8.95. The number of rotatable bonds is 6. The summed E-state index contributed by atoms with van der Waals surface area (Å²) >= 11 is 0. The summed E-state index contributed by atoms with van der Waals surface area (Å²) in [7, 11) is 0. The monoisotopic (exact) mass is 561 g/mol. The van der Waals surface area contributed by atoms with E-state index in [4.69, 9.17) is 9.90 Å². The predicted molar refractivity (Wildman–Crippen MR) is 140 cm³/mol. The number of aromatic nitrogens is 4. The van der Waals surface area contributed by atoms with Gasteiger partial charge in [-0.05, 0) is 23.8 Å². The van der Waals surface area contributed by atoms with E-state index in [-0.39, 0.29) is 18.1 Å². The van der Waals surface area contributed by atoms with Gasteiger partial charge in [-0.1, -0.05) is 42.5 Å². The molecule has 9 nitrogen and oxygen atoms in total. The first kappa shape index (κ1) is 28.8. The molecule has 0 fully saturated rings. The Morgan fingerprint density at radius 3 is 2.24 bits per heavy atom. The second-order valence-electron chi connectivity index (χ2n) is 8.65. The van der Waals surface area contributed by atoms with E-state index >= 15 is 0 Å². The van der Waals surface area contributed by atoms with Crippen molar-refractivity contribution >= 4 is 22.8 Å². The molecule has 5 rings (SSSR count). The molecule has 208 valence electrons. The lowest BCUT2D eigenvalue weighted by atomic mass is 9.96. The van der Waals surface area contributed by atoms with Crippen molar-refractivity contribution in [3.8, 4) is 22.4 Å². The Morgan fingerprint density at radius 1 is 0.927 bits per heavy atom. The highest BCUT2D eigenvalue weighted by atomic mass is 19.4. The van der Waals surface area contributed by atoms with Gasteiger partial charge in [0.2, 0.25) is 11.2 Å². The number of H-pyrrole nitrogens is 1. The molecule has 0 saturated heterocycles. The lowest BCUT2D eigenvalue weighted by molar-refractivity contribution is -0.386. The lowest BCUT2D eigenvalue weighted by Crippen LogP contribution is -2.47. The summed E-state index contributed by atoms with van der Waals surface area (Å²) in [5.74, 6) is -3.30. The highest BCUT2D eigenvalue weighted by Gasteiger charge is 2.28. The van der Waals surface area contributed by atoms with Crippen LogP contribution in [0.15, 0.2) is 91.5 Å². The van der Waals surface area contributed by atoms with Crippen LogP contribution in [0.4, 0.5) is 13.2 Å². The Morgan fingerprint density at radius 2 is 1.63 bits per heavy atom. The highest BCUT2D eigenvalue weighted by molar-refractivity contribution is 5.92. The minimum atomic E-state index is -5.19. The number of quaternary nitrogens is 1. The molecule has 5 aromatic rings. The van der Waals surface area contributed by atoms with Gasteiger partial charge in [-0.15, -0.1) is 0 Å². The van der Waals surface area contributed by atoms with Crippen LogP contribution in [0.2, 0.25) is 0 Å². The van der Waals surface area contributed by atoms with Crippen LogP contribution in [-0.2, 0) is 17.9 Å². The van der Waals surface area contributed by atoms with Gasteiger partial charge < -0.3 is 21.0 Å². The largest absolute Gasteiger partial charge is 0.542 e. The quantitative estimate of drug-likeness (QED) is 0.324. The standard InChI is InChI=1S/C27H22N6O.C2HF3O2/c28-15-18-6-8-20(9-7-18)26-21(19-4-2-1-3-5-19)14-22-23(33-26)10-11-30-24(22)17-32-27(34)25-16-29-12-13-31-25;3-2(4,5)1(6)7/h1-14,16H,15,17,28H2,(H,32,34);(H,6,7)/p+1. The van der Waals surface area contributed by atoms with Crippen molar-refractivity contribution in [2.45, 2.75) is 19.3 Å². The number of carbonyl (C=O) groups is 2. The second-order valence-corrected chi connectivity index (χ2v) is 8.65. The zero-order valence-corrected chi connectivity index (χ0v) is 21.5. The number of aromatic amines is 1. The molecule has 0 spiro atoms. The smallest absolute Gasteiger partial charge is 0.430 e. The summed E-state index contributed by atoms with van der Waals surface area (Å²) < 4.78 is 31.5. The topological polar surface area (TPSA) is 150 Å². The molecule has 0 aliphatic heterocycles. The predicted octanol–water partition coefficient (Wildman–Crippen LogP) is 2.14. The van der Waals surface area contributed by atoms with Crippen molar-refractivity contribution in [2.24, 2.45) is 0 Å². The van der Waals surface area contributed by atoms with Crippen molar-refractivity contribution in [3.05, 3.63) is 108 Å². The fourth-order valence-electron chi connectivity index (χ4n) is 3.93. The average Bonchev–Trinajstić information content (AvgIpc) is 3.00. The number of amides is 1. The van der Waals surface area contributed by atoms with Crippen LogP contribution in [0.25, 0.3) is 33.3 Å². The molecule has 0 saturated carbocycles. The highest BCUT2D eigenvalue weighted by Crippen LogP contribution is 2.32. The zero-order valence-electron chi connectivity index (χ0n) is 21.5. The molecular weight excluding hydrogens is 537 g/mol. The number of benzene rings is 2. The number of hydrogen-bond acceptors (Lipinski definition) is 6. The van der Waals surface area contributed by atoms with Crippen molar-refractivity contribution in [1.29, 1.82) is 0 Å². The number of nitrogens with zero attached hydrogens (tertiary/aromatic N) is 3. The number of pyridine rings is 2. The van der Waals surface area contributed by atoms with Gasteiger partial charge in [-0.25, -0.2) is 9.97 Å². The van der Waals surface area contributed by atoms with Crippen LogP contribution in [0.5, 0.6) is 0 Å². The van der Waals surface area contributed by atoms with Crippen LogP contribution in [0.3, 0.4) is 0 Å². The molecule has 5 N–H and O–H groups in total. The summed E-state index contributed by atoms with van der Waals surface area (Å²) in [6.45, 7) is 1.02. The minimum absolute atomic E-state index is 0.270. The van der Waals surface area contributed by atoms with E-state index in [1.54, 1.807) is 6.20 Å². The van der Waals surface area contributed by atoms with Crippen molar-refractivity contribution in [3.63, 3.8) is 0 Å². The van der Waals surface area contributed by atoms with E-state index in [9.17, 15) is 18.0 Å². The van der Waals surface area contributed by atoms with Crippen molar-refractivity contribution < 1.29 is 38.6 Å². The molecule has 41 heavy (non-hydrogen) atoms. The molecule has 0 aliphatic rings. The fourth-order valence-corrected chi connectivity index (χ4v) is 3.93. The number of carboxylic acids is 1. The minimum Gasteiger partial charge on any atom is -0.542 e. The van der Waals surface area contributed by atoms with E-state index in [1.807, 2.05) is 24.3 Å². The number of carboxylic acid groups (broad SMARTS) is 1. The first-order chi connectivity index (χ1) is 19.7. The van der Waals surface area contributed by atoms with Crippen LogP contribution in [0.1, 0.15) is 21.7 Å². The zero-order chi connectivity index (χ0) is 29.4. The van der Waals surface area contributed by atoms with E-state index < -0.39 is 12.1 Å². The molecule has 12 heteroatoms. The third-order valence-corrected chi connectivity index (χ3v) is 5.95. The molecule has 0 unspecified atom stereocenters. The summed E-state index contributed by atoms with van der Waals surface area (Å²) in [5.41, 5.74) is 11.4. The number of alkyl halides is 3. The summed E-state index contributed by atoms with van der Waals surface area (Å²) in [6.07, 6.45) is 1.03. The fraction of sp³-hybridized carbons (Fsp3) is 0.103. The molecule has 2 aromatic carbocycles. The summed E-state index contributed by atoms with van der Waals surface area (Å²) in [4.78, 5) is 37.5. The molecular formula is C29H24F3N6O3+. The Bertz CT molecular complexity index is 1650. The first-order valence-corrected chi connectivity index (χ1v) is 12.3. The van der Waals surface area contributed by atoms with E-state index in [2.05, 4.69) is 73.5 Å². The van der Waals surface area contributed by atoms with Gasteiger partial charge in [0.05, 0.1) is 35.9 Å². The summed E-state index contributed by atoms with van der Waals surface area (Å²) in [6, 6.07) is 22.8. The Balaban J connectivity index is 0.000000493. The van der Waals surface area contributed by atoms with Crippen molar-refractivity contribution in [1.82, 2.24) is 20.3 Å². The van der Waals surface area contributed by atoms with Crippen molar-refractivity contribution in [2.75, 3.05) is 0 Å². The molecule has 1 amide bonds. The molecule has 0 bridgehead atoms. The molecule has 0 aliphatic carbocycles. The summed E-state index contributed by atoms with van der Waals surface area (Å²) in [5, 5.41) is 12.6. The van der Waals surface area contributed by atoms with Crippen LogP contribution in [0, 0.1) is 0 Å². The maximum absolute atomic E-state index is 12.5. The second kappa shape index (κ2) is 12.7. The van der Waals surface area contributed by atoms with Gasteiger partial charge in [0.25, 0.3) is 5.91 Å². The Labute approximate surface area is 231 Å². The number of hydrogen-bond donors (Lipinski definition) is 2. The molecule has 3 heterocycles. The SMILES string of the molecule is O=C([O-])C(F)(F)F.[NH3+]Cc1ccc(-c2[nH+]c3ccnc(CNC(=O)c4cnccn4)c3cc2-c2ccccc2)cc1. The number of aliphatic carboxylic acids is 1. The third kappa shape index (κ3) is 7.25. The van der Waals surface area contributed by atoms with E-state index in [1.165, 1.54) is 24.2 Å². The van der Waals surface area contributed by atoms with Gasteiger partial charge in [-0.3, -0.25) is 14.8 Å². The molecule has 0 atom stereocenters. The number of carbonyl (C=O) groups excluding carboxylic acids is 2. The molecule has 0 radical (unpaired) electrons. The van der Waals surface area contributed by atoms with Crippen LogP contribution < -0.4 is 21.1 Å². The van der Waals surface area contributed by atoms with E-state index in [0.717, 1.165) is 45.5 Å². The van der Waals surface area contributed by atoms with Crippen LogP contribution in [-0.4, -0.2) is 33.0 Å². The first-order valence-electron chi connectivity index (χ1n) is 12.3. The lowest BCUT2D eigenvalue weighted by Gasteiger charge is -2.10. The van der Waals surface area contributed by atoms with Gasteiger partial charge >= 0.3 is 6.18 Å². The maximum atomic E-state index is 12.5. The van der Waals surface area contributed by atoms with Gasteiger partial charge in [0, 0.05) is 35.8 Å². The molecule has 3 aromatic heterocycles. The van der Waals surface area contributed by atoms with Gasteiger partial charge in [0.15, 0.2) is 0 Å². The maximum Gasteiger partial charge on any atom is 0.430 e. The van der Waals surface area contributed by atoms with E-state index in [0.29, 0.717) is 0 Å².